The van der Waals surface area contributed by atoms with Crippen LogP contribution in [0.2, 0.25) is 0 Å². The molecule has 0 amide bonds. The molecule has 1 saturated heterocycles. The van der Waals surface area contributed by atoms with Crippen molar-refractivity contribution in [3.8, 4) is 0 Å². The molecule has 0 aromatic carbocycles. The smallest absolute Gasteiger partial charge is 0.319 e. The number of anilines is 2. The fourth-order valence-corrected chi connectivity index (χ4v) is 2.93. The first kappa shape index (κ1) is 13.8. The molecular formula is C14H18N4O3. The summed E-state index contributed by atoms with van der Waals surface area (Å²) < 4.78 is 0. The summed E-state index contributed by atoms with van der Waals surface area (Å²) >= 11 is 0. The summed E-state index contributed by atoms with van der Waals surface area (Å²) in [4.78, 5) is 34.7. The van der Waals surface area contributed by atoms with E-state index >= 15 is 0 Å². The highest BCUT2D eigenvalue weighted by Gasteiger charge is 2.48. The van der Waals surface area contributed by atoms with Crippen molar-refractivity contribution in [2.75, 3.05) is 29.9 Å². The van der Waals surface area contributed by atoms with Gasteiger partial charge in [-0.2, -0.15) is 4.98 Å². The lowest BCUT2D eigenvalue weighted by atomic mass is 9.76. The van der Waals surface area contributed by atoms with Gasteiger partial charge in [0.2, 0.25) is 5.95 Å². The number of ketones is 1. The molecule has 1 aromatic rings. The van der Waals surface area contributed by atoms with Crippen molar-refractivity contribution in [2.45, 2.75) is 26.2 Å². The van der Waals surface area contributed by atoms with E-state index in [2.05, 4.69) is 20.2 Å². The van der Waals surface area contributed by atoms with Gasteiger partial charge < -0.3 is 15.3 Å². The number of carboxylic acid groups (broad SMARTS) is 1. The average molecular weight is 290 g/mol. The fraction of sp³-hybridized carbons (Fsp3) is 0.571. The first-order valence-corrected chi connectivity index (χ1v) is 7.22. The summed E-state index contributed by atoms with van der Waals surface area (Å²) in [7, 11) is 0. The number of aliphatic carboxylic acids is 1. The monoisotopic (exact) mass is 290 g/mol. The maximum atomic E-state index is 12.5. The molecule has 2 N–H and O–H groups in total. The van der Waals surface area contributed by atoms with E-state index in [0.717, 1.165) is 25.9 Å². The van der Waals surface area contributed by atoms with Crippen molar-refractivity contribution < 1.29 is 14.7 Å². The van der Waals surface area contributed by atoms with Gasteiger partial charge in [0.1, 0.15) is 11.2 Å². The molecule has 1 atom stereocenters. The molecule has 3 heterocycles. The largest absolute Gasteiger partial charge is 0.480 e. The highest BCUT2D eigenvalue weighted by Crippen LogP contribution is 2.35. The Morgan fingerprint density at radius 3 is 2.81 bits per heavy atom. The molecule has 0 bridgehead atoms. The fourth-order valence-electron chi connectivity index (χ4n) is 2.93. The van der Waals surface area contributed by atoms with Crippen LogP contribution in [0.3, 0.4) is 0 Å². The number of Topliss-reactive ketones (excluding diaryl/α,β-unsaturated/α-hetero) is 1. The number of carbonyl (C=O) groups is 2. The number of rotatable bonds is 3. The standard InChI is InChI=1S/C14H18N4O3/c1-2-14(12(20)21)8-16-11-9(10(14)19)7-15-13(17-11)18-5-3-4-6-18/h7H,2-6,8H2,1H3,(H,20,21)(H,15,16,17). The Labute approximate surface area is 122 Å². The zero-order valence-corrected chi connectivity index (χ0v) is 11.9. The van der Waals surface area contributed by atoms with Crippen molar-refractivity contribution >= 4 is 23.5 Å². The van der Waals surface area contributed by atoms with Gasteiger partial charge in [-0.25, -0.2) is 4.98 Å². The van der Waals surface area contributed by atoms with Crippen LogP contribution in [-0.2, 0) is 4.79 Å². The van der Waals surface area contributed by atoms with Crippen molar-refractivity contribution in [1.29, 1.82) is 0 Å². The van der Waals surface area contributed by atoms with Gasteiger partial charge in [-0.05, 0) is 19.3 Å². The van der Waals surface area contributed by atoms with E-state index in [-0.39, 0.29) is 18.5 Å². The SMILES string of the molecule is CCC1(C(=O)O)CNc2nc(N3CCCC3)ncc2C1=O. The van der Waals surface area contributed by atoms with Gasteiger partial charge in [-0.15, -0.1) is 0 Å². The van der Waals surface area contributed by atoms with Crippen LogP contribution in [0.25, 0.3) is 0 Å². The molecule has 2 aliphatic heterocycles. The summed E-state index contributed by atoms with van der Waals surface area (Å²) in [5.41, 5.74) is -1.14. The number of fused-ring (bicyclic) bond motifs is 1. The zero-order chi connectivity index (χ0) is 15.0. The van der Waals surface area contributed by atoms with E-state index in [1.54, 1.807) is 6.92 Å². The third kappa shape index (κ3) is 2.03. The Morgan fingerprint density at radius 1 is 1.48 bits per heavy atom. The van der Waals surface area contributed by atoms with E-state index in [1.807, 2.05) is 0 Å². The van der Waals surface area contributed by atoms with E-state index in [9.17, 15) is 14.7 Å². The molecular weight excluding hydrogens is 272 g/mol. The molecule has 2 aliphatic rings. The summed E-state index contributed by atoms with van der Waals surface area (Å²) in [6.07, 6.45) is 3.93. The van der Waals surface area contributed by atoms with Crippen LogP contribution in [0.4, 0.5) is 11.8 Å². The molecule has 21 heavy (non-hydrogen) atoms. The normalized spacial score (nSPS) is 24.6. The van der Waals surface area contributed by atoms with Crippen molar-refractivity contribution in [1.82, 2.24) is 9.97 Å². The first-order valence-electron chi connectivity index (χ1n) is 7.22. The molecule has 0 radical (unpaired) electrons. The third-order valence-corrected chi connectivity index (χ3v) is 4.41. The third-order valence-electron chi connectivity index (χ3n) is 4.41. The summed E-state index contributed by atoms with van der Waals surface area (Å²) in [5, 5.41) is 12.4. The minimum atomic E-state index is -1.41. The molecule has 1 fully saturated rings. The molecule has 0 saturated carbocycles. The van der Waals surface area contributed by atoms with Crippen LogP contribution in [0.15, 0.2) is 6.20 Å². The average Bonchev–Trinajstić information content (AvgIpc) is 3.01. The highest BCUT2D eigenvalue weighted by molar-refractivity contribution is 6.15. The Morgan fingerprint density at radius 2 is 2.19 bits per heavy atom. The number of nitrogens with one attached hydrogen (secondary N) is 1. The van der Waals surface area contributed by atoms with Gasteiger partial charge in [0.25, 0.3) is 0 Å². The zero-order valence-electron chi connectivity index (χ0n) is 11.9. The predicted octanol–water partition coefficient (Wildman–Crippen LogP) is 1.17. The van der Waals surface area contributed by atoms with E-state index in [1.165, 1.54) is 6.20 Å². The van der Waals surface area contributed by atoms with Crippen LogP contribution < -0.4 is 10.2 Å². The number of nitrogens with zero attached hydrogens (tertiary/aromatic N) is 3. The van der Waals surface area contributed by atoms with Crippen molar-refractivity contribution in [2.24, 2.45) is 5.41 Å². The maximum absolute atomic E-state index is 12.5. The molecule has 1 unspecified atom stereocenters. The topological polar surface area (TPSA) is 95.4 Å². The van der Waals surface area contributed by atoms with Crippen molar-refractivity contribution in [3.05, 3.63) is 11.8 Å². The van der Waals surface area contributed by atoms with Gasteiger partial charge in [-0.1, -0.05) is 6.92 Å². The minimum absolute atomic E-state index is 0.0706. The highest BCUT2D eigenvalue weighted by atomic mass is 16.4. The van der Waals surface area contributed by atoms with Gasteiger partial charge in [-0.3, -0.25) is 9.59 Å². The maximum Gasteiger partial charge on any atom is 0.319 e. The summed E-state index contributed by atoms with van der Waals surface area (Å²) in [5.74, 6) is -0.455. The number of carboxylic acids is 1. The number of hydrogen-bond donors (Lipinski definition) is 2. The molecule has 7 heteroatoms. The van der Waals surface area contributed by atoms with E-state index in [4.69, 9.17) is 0 Å². The van der Waals surface area contributed by atoms with Gasteiger partial charge in [0.15, 0.2) is 5.78 Å². The molecule has 1 aromatic heterocycles. The second-order valence-electron chi connectivity index (χ2n) is 5.55. The first-order chi connectivity index (χ1) is 10.1. The number of carbonyl (C=O) groups excluding carboxylic acids is 1. The van der Waals surface area contributed by atoms with Crippen LogP contribution in [0.5, 0.6) is 0 Å². The lowest BCUT2D eigenvalue weighted by Gasteiger charge is -2.32. The number of aromatic nitrogens is 2. The Hall–Kier alpha value is -2.18. The van der Waals surface area contributed by atoms with Gasteiger partial charge in [0.05, 0.1) is 5.56 Å². The Bertz CT molecular complexity index is 598. The Balaban J connectivity index is 1.96. The summed E-state index contributed by atoms with van der Waals surface area (Å²) in [6, 6.07) is 0. The molecule has 0 aliphatic carbocycles. The summed E-state index contributed by atoms with van der Waals surface area (Å²) in [6.45, 7) is 3.61. The van der Waals surface area contributed by atoms with Gasteiger partial charge in [0, 0.05) is 25.8 Å². The molecule has 0 spiro atoms. The number of hydrogen-bond acceptors (Lipinski definition) is 6. The lowest BCUT2D eigenvalue weighted by Crippen LogP contribution is -2.48. The minimum Gasteiger partial charge on any atom is -0.480 e. The van der Waals surface area contributed by atoms with E-state index < -0.39 is 17.2 Å². The quantitative estimate of drug-likeness (QED) is 0.806. The van der Waals surface area contributed by atoms with Gasteiger partial charge >= 0.3 is 5.97 Å². The predicted molar refractivity (Wildman–Crippen MR) is 76.7 cm³/mol. The van der Waals surface area contributed by atoms with Crippen LogP contribution in [-0.4, -0.2) is 46.5 Å². The molecule has 112 valence electrons. The van der Waals surface area contributed by atoms with Crippen molar-refractivity contribution in [3.63, 3.8) is 0 Å². The van der Waals surface area contributed by atoms with E-state index in [0.29, 0.717) is 11.8 Å². The Kier molecular flexibility index (Phi) is 3.27. The molecule has 3 rings (SSSR count). The molecule has 7 nitrogen and oxygen atoms in total. The second kappa shape index (κ2) is 4.98. The van der Waals surface area contributed by atoms with Crippen LogP contribution in [0, 0.1) is 5.41 Å². The second-order valence-corrected chi connectivity index (χ2v) is 5.55. The lowest BCUT2D eigenvalue weighted by molar-refractivity contribution is -0.145. The van der Waals surface area contributed by atoms with Crippen LogP contribution in [0.1, 0.15) is 36.5 Å². The van der Waals surface area contributed by atoms with Crippen LogP contribution >= 0.6 is 0 Å².